The van der Waals surface area contributed by atoms with Crippen molar-refractivity contribution in [2.24, 2.45) is 0 Å². The van der Waals surface area contributed by atoms with Gasteiger partial charge in [0.2, 0.25) is 0 Å². The monoisotopic (exact) mass is 375 g/mol. The maximum Gasteiger partial charge on any atom is 0.349 e. The summed E-state index contributed by atoms with van der Waals surface area (Å²) in [5.74, 6) is -0.631. The molecule has 0 fully saturated rings. The molecule has 0 aliphatic heterocycles. The Morgan fingerprint density at radius 2 is 1.80 bits per heavy atom. The number of carbonyl (C=O) groups excluding carboxylic acids is 1. The zero-order valence-electron chi connectivity index (χ0n) is 13.8. The second kappa shape index (κ2) is 6.85. The normalized spacial score (nSPS) is 11.4. The van der Waals surface area contributed by atoms with Crippen LogP contribution in [0.5, 0.6) is 0 Å². The second-order valence-electron chi connectivity index (χ2n) is 5.40. The third-order valence-electron chi connectivity index (χ3n) is 3.67. The van der Waals surface area contributed by atoms with Crippen molar-refractivity contribution in [1.82, 2.24) is 0 Å². The fourth-order valence-electron chi connectivity index (χ4n) is 2.50. The number of fused-ring (bicyclic) bond motifs is 1. The first-order chi connectivity index (χ1) is 11.9. The number of ether oxygens (including phenoxy) is 1. The Morgan fingerprint density at radius 3 is 2.52 bits per heavy atom. The van der Waals surface area contributed by atoms with Crippen LogP contribution in [0.2, 0.25) is 0 Å². The smallest absolute Gasteiger partial charge is 0.349 e. The minimum absolute atomic E-state index is 0.0326. The second-order valence-corrected chi connectivity index (χ2v) is 8.07. The number of nitrogens with one attached hydrogen (secondary N) is 1. The van der Waals surface area contributed by atoms with E-state index in [1.165, 1.54) is 0 Å². The van der Waals surface area contributed by atoms with Gasteiger partial charge in [0.25, 0.3) is 10.0 Å². The van der Waals surface area contributed by atoms with Crippen molar-refractivity contribution in [1.29, 1.82) is 0 Å². The lowest BCUT2D eigenvalue weighted by Gasteiger charge is -2.11. The molecule has 0 spiro atoms. The van der Waals surface area contributed by atoms with Crippen molar-refractivity contribution in [3.63, 3.8) is 0 Å². The number of hydrogen-bond acceptors (Lipinski definition) is 5. The first-order valence-electron chi connectivity index (χ1n) is 7.71. The first kappa shape index (κ1) is 17.4. The van der Waals surface area contributed by atoms with Gasteiger partial charge in [0.15, 0.2) is 0 Å². The Hall–Kier alpha value is -2.38. The van der Waals surface area contributed by atoms with Crippen LogP contribution in [0, 0.1) is 6.92 Å². The lowest BCUT2D eigenvalue weighted by atomic mass is 10.2. The number of thiophene rings is 1. The van der Waals surface area contributed by atoms with Crippen LogP contribution in [0.25, 0.3) is 10.1 Å². The summed E-state index contributed by atoms with van der Waals surface area (Å²) in [5, 5.41) is 0.511. The van der Waals surface area contributed by atoms with Crippen LogP contribution in [0.1, 0.15) is 22.2 Å². The topological polar surface area (TPSA) is 72.5 Å². The van der Waals surface area contributed by atoms with E-state index in [2.05, 4.69) is 4.72 Å². The van der Waals surface area contributed by atoms with Crippen LogP contribution in [-0.2, 0) is 14.8 Å². The summed E-state index contributed by atoms with van der Waals surface area (Å²) in [5.41, 5.74) is 1.27. The van der Waals surface area contributed by atoms with Crippen molar-refractivity contribution in [2.45, 2.75) is 18.7 Å². The van der Waals surface area contributed by atoms with E-state index in [9.17, 15) is 13.2 Å². The molecule has 3 rings (SSSR count). The highest BCUT2D eigenvalue weighted by Crippen LogP contribution is 2.36. The van der Waals surface area contributed by atoms with Gasteiger partial charge in [-0.15, -0.1) is 11.3 Å². The fourth-order valence-corrected chi connectivity index (χ4v) is 5.43. The van der Waals surface area contributed by atoms with Gasteiger partial charge in [-0.05, 0) is 31.5 Å². The Labute approximate surface area is 150 Å². The van der Waals surface area contributed by atoms with Gasteiger partial charge in [-0.25, -0.2) is 13.2 Å². The molecular weight excluding hydrogens is 358 g/mol. The third kappa shape index (κ3) is 3.38. The number of esters is 1. The summed E-state index contributed by atoms with van der Waals surface area (Å²) >= 11 is 1.12. The quantitative estimate of drug-likeness (QED) is 0.679. The molecule has 0 bridgehead atoms. The Balaban J connectivity index is 2.17. The maximum atomic E-state index is 13.0. The Bertz CT molecular complexity index is 1040. The molecule has 0 amide bonds. The van der Waals surface area contributed by atoms with Gasteiger partial charge in [-0.1, -0.05) is 36.4 Å². The summed E-state index contributed by atoms with van der Waals surface area (Å²) < 4.78 is 34.4. The molecule has 0 unspecified atom stereocenters. The number of hydrogen-bond donors (Lipinski definition) is 1. The van der Waals surface area contributed by atoms with Crippen LogP contribution < -0.4 is 4.72 Å². The van der Waals surface area contributed by atoms with E-state index < -0.39 is 16.0 Å². The minimum Gasteiger partial charge on any atom is -0.462 e. The van der Waals surface area contributed by atoms with Gasteiger partial charge < -0.3 is 4.74 Å². The first-order valence-corrected chi connectivity index (χ1v) is 10.0. The van der Waals surface area contributed by atoms with Gasteiger partial charge in [0.1, 0.15) is 9.77 Å². The molecule has 0 saturated carbocycles. The zero-order valence-corrected chi connectivity index (χ0v) is 15.4. The van der Waals surface area contributed by atoms with Crippen LogP contribution in [-0.4, -0.2) is 21.0 Å². The highest BCUT2D eigenvalue weighted by Gasteiger charge is 2.29. The summed E-state index contributed by atoms with van der Waals surface area (Å²) in [6.07, 6.45) is 0. The average Bonchev–Trinajstić information content (AvgIpc) is 2.97. The molecule has 0 atom stereocenters. The van der Waals surface area contributed by atoms with Gasteiger partial charge >= 0.3 is 5.97 Å². The SMILES string of the molecule is CCOC(=O)c1sc2ccccc2c1S(=O)(=O)Nc1ccccc1C. The van der Waals surface area contributed by atoms with Crippen LogP contribution in [0.4, 0.5) is 5.69 Å². The maximum absolute atomic E-state index is 13.0. The van der Waals surface area contributed by atoms with E-state index in [0.717, 1.165) is 21.6 Å². The highest BCUT2D eigenvalue weighted by atomic mass is 32.2. The largest absolute Gasteiger partial charge is 0.462 e. The summed E-state index contributed by atoms with van der Waals surface area (Å²) in [6.45, 7) is 3.68. The number of anilines is 1. The lowest BCUT2D eigenvalue weighted by molar-refractivity contribution is 0.0528. The Kier molecular flexibility index (Phi) is 4.78. The van der Waals surface area contributed by atoms with E-state index in [0.29, 0.717) is 11.1 Å². The zero-order chi connectivity index (χ0) is 18.0. The molecule has 0 aliphatic rings. The van der Waals surface area contributed by atoms with Crippen molar-refractivity contribution in [2.75, 3.05) is 11.3 Å². The van der Waals surface area contributed by atoms with Gasteiger partial charge in [0, 0.05) is 10.1 Å². The third-order valence-corrected chi connectivity index (χ3v) is 6.40. The molecule has 3 aromatic rings. The predicted octanol–water partition coefficient (Wildman–Crippen LogP) is 4.19. The molecule has 130 valence electrons. The number of para-hydroxylation sites is 1. The fraction of sp³-hybridized carbons (Fsp3) is 0.167. The number of carbonyl (C=O) groups is 1. The van der Waals surface area contributed by atoms with Crippen LogP contribution in [0.3, 0.4) is 0 Å². The van der Waals surface area contributed by atoms with E-state index in [4.69, 9.17) is 4.74 Å². The molecule has 2 aromatic carbocycles. The molecular formula is C18H17NO4S2. The van der Waals surface area contributed by atoms with Crippen molar-refractivity contribution in [3.8, 4) is 0 Å². The van der Waals surface area contributed by atoms with Gasteiger partial charge in [-0.2, -0.15) is 0 Å². The molecule has 0 radical (unpaired) electrons. The summed E-state index contributed by atoms with van der Waals surface area (Å²) in [6, 6.07) is 14.1. The van der Waals surface area contributed by atoms with Gasteiger partial charge in [0.05, 0.1) is 12.3 Å². The summed E-state index contributed by atoms with van der Waals surface area (Å²) in [4.78, 5) is 12.4. The molecule has 5 nitrogen and oxygen atoms in total. The highest BCUT2D eigenvalue weighted by molar-refractivity contribution is 7.93. The summed E-state index contributed by atoms with van der Waals surface area (Å²) in [7, 11) is -3.95. The average molecular weight is 375 g/mol. The number of aryl methyl sites for hydroxylation is 1. The van der Waals surface area contributed by atoms with Crippen molar-refractivity contribution < 1.29 is 17.9 Å². The number of benzene rings is 2. The standard InChI is InChI=1S/C18H17NO4S2/c1-3-23-18(20)16-17(13-9-5-7-11-15(13)24-16)25(21,22)19-14-10-6-4-8-12(14)2/h4-11,19H,3H2,1-2H3. The van der Waals surface area contributed by atoms with E-state index >= 15 is 0 Å². The minimum atomic E-state index is -3.95. The van der Waals surface area contributed by atoms with Crippen LogP contribution >= 0.6 is 11.3 Å². The predicted molar refractivity (Wildman–Crippen MR) is 99.8 cm³/mol. The van der Waals surface area contributed by atoms with E-state index in [1.807, 2.05) is 19.1 Å². The molecule has 0 aliphatic carbocycles. The van der Waals surface area contributed by atoms with Crippen molar-refractivity contribution in [3.05, 3.63) is 59.0 Å². The Morgan fingerprint density at radius 1 is 1.12 bits per heavy atom. The van der Waals surface area contributed by atoms with Gasteiger partial charge in [-0.3, -0.25) is 4.72 Å². The molecule has 1 heterocycles. The molecule has 7 heteroatoms. The number of rotatable bonds is 5. The van der Waals surface area contributed by atoms with E-state index in [1.54, 1.807) is 43.3 Å². The lowest BCUT2D eigenvalue weighted by Crippen LogP contribution is -2.17. The number of sulfonamides is 1. The molecule has 0 saturated heterocycles. The van der Waals surface area contributed by atoms with E-state index in [-0.39, 0.29) is 16.4 Å². The molecule has 1 aromatic heterocycles. The van der Waals surface area contributed by atoms with Crippen LogP contribution in [0.15, 0.2) is 53.4 Å². The molecule has 1 N–H and O–H groups in total. The molecule has 25 heavy (non-hydrogen) atoms. The van der Waals surface area contributed by atoms with Crippen molar-refractivity contribution >= 4 is 43.1 Å².